The Morgan fingerprint density at radius 3 is 2.95 bits per heavy atom. The molecule has 0 aliphatic carbocycles. The van der Waals surface area contributed by atoms with Crippen LogP contribution in [0.4, 0.5) is 17.2 Å². The second-order valence-corrected chi connectivity index (χ2v) is 4.37. The highest BCUT2D eigenvalue weighted by Gasteiger charge is 2.16. The van der Waals surface area contributed by atoms with Crippen LogP contribution in [0.5, 0.6) is 0 Å². The second kappa shape index (κ2) is 4.94. The van der Waals surface area contributed by atoms with Crippen molar-refractivity contribution in [3.05, 3.63) is 58.4 Å². The van der Waals surface area contributed by atoms with E-state index >= 15 is 0 Å². The third-order valence-corrected chi connectivity index (χ3v) is 3.01. The smallest absolute Gasteiger partial charge is 0.313 e. The number of nitrogens with one attached hydrogen (secondary N) is 2. The Morgan fingerprint density at radius 1 is 1.33 bits per heavy atom. The van der Waals surface area contributed by atoms with Crippen LogP contribution in [0.3, 0.4) is 0 Å². The Bertz CT molecular complexity index is 878. The summed E-state index contributed by atoms with van der Waals surface area (Å²) in [4.78, 5) is 17.5. The zero-order valence-corrected chi connectivity index (χ0v) is 10.7. The second-order valence-electron chi connectivity index (χ2n) is 4.37. The highest BCUT2D eigenvalue weighted by molar-refractivity contribution is 5.84. The summed E-state index contributed by atoms with van der Waals surface area (Å²) in [6.07, 6.45) is 3.11. The van der Waals surface area contributed by atoms with Gasteiger partial charge in [-0.3, -0.25) is 10.1 Å². The summed E-state index contributed by atoms with van der Waals surface area (Å²) >= 11 is 0. The molecule has 2 aromatic heterocycles. The number of nitriles is 1. The van der Waals surface area contributed by atoms with Crippen LogP contribution in [0.15, 0.2) is 42.7 Å². The van der Waals surface area contributed by atoms with Crippen molar-refractivity contribution < 1.29 is 4.92 Å². The van der Waals surface area contributed by atoms with E-state index in [4.69, 9.17) is 5.26 Å². The van der Waals surface area contributed by atoms with Crippen LogP contribution in [0.25, 0.3) is 10.9 Å². The zero-order chi connectivity index (χ0) is 14.8. The predicted molar refractivity (Wildman–Crippen MR) is 77.2 cm³/mol. The van der Waals surface area contributed by atoms with Crippen LogP contribution in [0.2, 0.25) is 0 Å². The Hall–Kier alpha value is -3.40. The van der Waals surface area contributed by atoms with Gasteiger partial charge in [0.05, 0.1) is 10.5 Å². The molecule has 0 aliphatic rings. The monoisotopic (exact) mass is 279 g/mol. The molecule has 0 radical (unpaired) electrons. The molecule has 0 aliphatic heterocycles. The Kier molecular flexibility index (Phi) is 2.97. The number of pyridine rings is 1. The van der Waals surface area contributed by atoms with E-state index in [9.17, 15) is 10.1 Å². The number of aromatic amines is 1. The third-order valence-electron chi connectivity index (χ3n) is 3.01. The molecular weight excluding hydrogens is 270 g/mol. The maximum atomic E-state index is 11.1. The third kappa shape index (κ3) is 2.37. The number of nitro groups is 1. The fraction of sp³-hybridized carbons (Fsp3) is 0. The number of anilines is 2. The van der Waals surface area contributed by atoms with E-state index in [1.165, 1.54) is 12.3 Å². The fourth-order valence-corrected chi connectivity index (χ4v) is 2.02. The van der Waals surface area contributed by atoms with Crippen molar-refractivity contribution in [3.8, 4) is 6.07 Å². The summed E-state index contributed by atoms with van der Waals surface area (Å²) < 4.78 is 0. The molecule has 0 fully saturated rings. The van der Waals surface area contributed by atoms with E-state index < -0.39 is 4.92 Å². The van der Waals surface area contributed by atoms with E-state index in [1.807, 2.05) is 30.5 Å². The highest BCUT2D eigenvalue weighted by atomic mass is 16.6. The molecule has 0 amide bonds. The van der Waals surface area contributed by atoms with Gasteiger partial charge in [0, 0.05) is 35.1 Å². The van der Waals surface area contributed by atoms with Gasteiger partial charge in [0.25, 0.3) is 0 Å². The van der Waals surface area contributed by atoms with Crippen LogP contribution >= 0.6 is 0 Å². The van der Waals surface area contributed by atoms with Crippen molar-refractivity contribution in [3.63, 3.8) is 0 Å². The molecular formula is C14H9N5O2. The first-order valence-corrected chi connectivity index (χ1v) is 6.06. The zero-order valence-electron chi connectivity index (χ0n) is 10.7. The van der Waals surface area contributed by atoms with Crippen LogP contribution in [0.1, 0.15) is 5.56 Å². The van der Waals surface area contributed by atoms with Gasteiger partial charge in [0.1, 0.15) is 6.07 Å². The summed E-state index contributed by atoms with van der Waals surface area (Å²) in [7, 11) is 0. The first-order chi connectivity index (χ1) is 10.2. The Labute approximate surface area is 119 Å². The molecule has 2 heterocycles. The lowest BCUT2D eigenvalue weighted by Gasteiger charge is -2.06. The van der Waals surface area contributed by atoms with Gasteiger partial charge in [0.15, 0.2) is 0 Å². The predicted octanol–water partition coefficient (Wildman–Crippen LogP) is 3.09. The van der Waals surface area contributed by atoms with Gasteiger partial charge in [-0.1, -0.05) is 0 Å². The number of benzene rings is 1. The standard InChI is InChI=1S/C14H9N5O2/c15-7-9-5-13(19(20)21)14(17-8-9)18-11-1-2-12-10(6-11)3-4-16-12/h1-6,8,16H,(H,17,18). The van der Waals surface area contributed by atoms with Crippen molar-refractivity contribution in [1.29, 1.82) is 5.26 Å². The minimum atomic E-state index is -0.564. The lowest BCUT2D eigenvalue weighted by Crippen LogP contribution is -2.00. The van der Waals surface area contributed by atoms with Crippen molar-refractivity contribution in [1.82, 2.24) is 9.97 Å². The molecule has 1 aromatic carbocycles. The average molecular weight is 279 g/mol. The number of H-pyrrole nitrogens is 1. The van der Waals surface area contributed by atoms with Crippen molar-refractivity contribution in [2.24, 2.45) is 0 Å². The molecule has 0 spiro atoms. The molecule has 0 bridgehead atoms. The fourth-order valence-electron chi connectivity index (χ4n) is 2.02. The van der Waals surface area contributed by atoms with Crippen LogP contribution in [0, 0.1) is 21.4 Å². The first-order valence-electron chi connectivity index (χ1n) is 6.06. The molecule has 2 N–H and O–H groups in total. The summed E-state index contributed by atoms with van der Waals surface area (Å²) in [6, 6.07) is 10.5. The van der Waals surface area contributed by atoms with Crippen molar-refractivity contribution in [2.45, 2.75) is 0 Å². The van der Waals surface area contributed by atoms with E-state index in [2.05, 4.69) is 15.3 Å². The lowest BCUT2D eigenvalue weighted by molar-refractivity contribution is -0.384. The number of aromatic nitrogens is 2. The number of hydrogen-bond acceptors (Lipinski definition) is 5. The Morgan fingerprint density at radius 2 is 2.19 bits per heavy atom. The Balaban J connectivity index is 2.00. The van der Waals surface area contributed by atoms with Gasteiger partial charge in [-0.25, -0.2) is 4.98 Å². The molecule has 0 unspecified atom stereocenters. The minimum absolute atomic E-state index is 0.105. The van der Waals surface area contributed by atoms with Crippen molar-refractivity contribution >= 4 is 28.1 Å². The van der Waals surface area contributed by atoms with Gasteiger partial charge in [0.2, 0.25) is 5.82 Å². The molecule has 0 saturated heterocycles. The number of rotatable bonds is 3. The van der Waals surface area contributed by atoms with Gasteiger partial charge >= 0.3 is 5.69 Å². The normalized spacial score (nSPS) is 10.2. The minimum Gasteiger partial charge on any atom is -0.361 e. The molecule has 102 valence electrons. The molecule has 0 saturated carbocycles. The quantitative estimate of drug-likeness (QED) is 0.565. The summed E-state index contributed by atoms with van der Waals surface area (Å²) in [5, 5.41) is 23.7. The van der Waals surface area contributed by atoms with Gasteiger partial charge in [-0.05, 0) is 24.3 Å². The number of nitrogens with zero attached hydrogens (tertiary/aromatic N) is 3. The molecule has 0 atom stereocenters. The summed E-state index contributed by atoms with van der Waals surface area (Å²) in [5.41, 5.74) is 1.57. The van der Waals surface area contributed by atoms with Crippen molar-refractivity contribution in [2.75, 3.05) is 5.32 Å². The largest absolute Gasteiger partial charge is 0.361 e. The number of fused-ring (bicyclic) bond motifs is 1. The van der Waals surface area contributed by atoms with Gasteiger partial charge in [-0.2, -0.15) is 5.26 Å². The average Bonchev–Trinajstić information content (AvgIpc) is 2.95. The molecule has 3 aromatic rings. The van der Waals surface area contributed by atoms with Crippen LogP contribution in [-0.2, 0) is 0 Å². The maximum Gasteiger partial charge on any atom is 0.313 e. The SMILES string of the molecule is N#Cc1cnc(Nc2ccc3[nH]ccc3c2)c([N+](=O)[O-])c1. The molecule has 21 heavy (non-hydrogen) atoms. The summed E-state index contributed by atoms with van der Waals surface area (Å²) in [6.45, 7) is 0. The van der Waals surface area contributed by atoms with Gasteiger partial charge in [-0.15, -0.1) is 0 Å². The van der Waals surface area contributed by atoms with E-state index in [1.54, 1.807) is 6.07 Å². The topological polar surface area (TPSA) is 108 Å². The molecule has 3 rings (SSSR count). The van der Waals surface area contributed by atoms with E-state index in [-0.39, 0.29) is 17.1 Å². The van der Waals surface area contributed by atoms with Crippen LogP contribution < -0.4 is 5.32 Å². The van der Waals surface area contributed by atoms with E-state index in [0.29, 0.717) is 5.69 Å². The maximum absolute atomic E-state index is 11.1. The number of hydrogen-bond donors (Lipinski definition) is 2. The van der Waals surface area contributed by atoms with Crippen LogP contribution in [-0.4, -0.2) is 14.9 Å². The van der Waals surface area contributed by atoms with E-state index in [0.717, 1.165) is 10.9 Å². The first kappa shape index (κ1) is 12.6. The lowest BCUT2D eigenvalue weighted by atomic mass is 10.2. The molecule has 7 nitrogen and oxygen atoms in total. The highest BCUT2D eigenvalue weighted by Crippen LogP contribution is 2.27. The molecule has 7 heteroatoms. The summed E-state index contributed by atoms with van der Waals surface area (Å²) in [5.74, 6) is 0.105. The van der Waals surface area contributed by atoms with Gasteiger partial charge < -0.3 is 10.3 Å².